The Kier molecular flexibility index (Phi) is 7.53. The van der Waals surface area contributed by atoms with Gasteiger partial charge in [0.1, 0.15) is 5.69 Å². The molecule has 2 bridgehead atoms. The van der Waals surface area contributed by atoms with Crippen molar-refractivity contribution in [2.75, 3.05) is 17.6 Å². The third-order valence-corrected chi connectivity index (χ3v) is 9.28. The number of thioether (sulfide) groups is 1. The molecule has 0 aliphatic heterocycles. The van der Waals surface area contributed by atoms with Crippen molar-refractivity contribution >= 4 is 44.6 Å². The number of hydrogen-bond donors (Lipinski definition) is 2. The van der Waals surface area contributed by atoms with E-state index in [0.717, 1.165) is 16.5 Å². The molecule has 1 fully saturated rings. The SMILES string of the molecule is O=C(NS(=O)(=O)c1ccc(NCCSc2ccccc2)c([N+](=O)[O-])c1)c1ccc(C2=C[C@@H]3CC[C@H]2C3)cc1. The van der Waals surface area contributed by atoms with Gasteiger partial charge in [-0.15, -0.1) is 11.8 Å². The molecule has 8 nitrogen and oxygen atoms in total. The molecule has 1 amide bonds. The van der Waals surface area contributed by atoms with Crippen molar-refractivity contribution in [2.45, 2.75) is 29.1 Å². The number of amides is 1. The molecule has 1 saturated carbocycles. The molecular formula is C28H27N3O5S2. The second-order valence-corrected chi connectivity index (χ2v) is 12.3. The fraction of sp³-hybridized carbons (Fsp3) is 0.250. The van der Waals surface area contributed by atoms with Gasteiger partial charge in [-0.05, 0) is 78.6 Å². The van der Waals surface area contributed by atoms with Crippen molar-refractivity contribution < 1.29 is 18.1 Å². The highest BCUT2D eigenvalue weighted by Gasteiger charge is 2.33. The molecule has 0 aromatic heterocycles. The molecule has 38 heavy (non-hydrogen) atoms. The van der Waals surface area contributed by atoms with Gasteiger partial charge in [0.25, 0.3) is 21.6 Å². The Hall–Kier alpha value is -3.63. The van der Waals surface area contributed by atoms with Crippen molar-refractivity contribution in [1.82, 2.24) is 4.72 Å². The van der Waals surface area contributed by atoms with E-state index >= 15 is 0 Å². The maximum atomic E-state index is 12.9. The van der Waals surface area contributed by atoms with Gasteiger partial charge in [0, 0.05) is 28.8 Å². The summed E-state index contributed by atoms with van der Waals surface area (Å²) < 4.78 is 27.8. The van der Waals surface area contributed by atoms with Crippen LogP contribution >= 0.6 is 11.8 Å². The van der Waals surface area contributed by atoms with Crippen molar-refractivity contribution in [1.29, 1.82) is 0 Å². The number of carbonyl (C=O) groups is 1. The third-order valence-electron chi connectivity index (χ3n) is 6.94. The van der Waals surface area contributed by atoms with E-state index in [9.17, 15) is 23.3 Å². The zero-order valence-corrected chi connectivity index (χ0v) is 22.1. The van der Waals surface area contributed by atoms with Gasteiger partial charge in [0.2, 0.25) is 0 Å². The minimum Gasteiger partial charge on any atom is -0.379 e. The summed E-state index contributed by atoms with van der Waals surface area (Å²) in [6.07, 6.45) is 5.91. The molecule has 10 heteroatoms. The summed E-state index contributed by atoms with van der Waals surface area (Å²) in [6.45, 7) is 0.442. The fourth-order valence-corrected chi connectivity index (χ4v) is 6.86. The molecule has 3 aromatic carbocycles. The molecule has 3 aromatic rings. The Morgan fingerprint density at radius 1 is 1.03 bits per heavy atom. The lowest BCUT2D eigenvalue weighted by Crippen LogP contribution is -2.30. The average Bonchev–Trinajstić information content (AvgIpc) is 3.56. The zero-order chi connectivity index (χ0) is 26.7. The summed E-state index contributed by atoms with van der Waals surface area (Å²) >= 11 is 1.60. The first-order valence-corrected chi connectivity index (χ1v) is 14.9. The molecule has 2 aliphatic carbocycles. The van der Waals surface area contributed by atoms with E-state index in [2.05, 4.69) is 11.4 Å². The van der Waals surface area contributed by atoms with E-state index in [1.54, 1.807) is 23.9 Å². The molecule has 0 radical (unpaired) electrons. The van der Waals surface area contributed by atoms with Gasteiger partial charge >= 0.3 is 0 Å². The van der Waals surface area contributed by atoms with E-state index in [0.29, 0.717) is 24.1 Å². The number of anilines is 1. The van der Waals surface area contributed by atoms with E-state index in [4.69, 9.17) is 0 Å². The molecule has 0 heterocycles. The third kappa shape index (κ3) is 5.76. The Balaban J connectivity index is 1.23. The van der Waals surface area contributed by atoms with E-state index in [-0.39, 0.29) is 21.8 Å². The van der Waals surface area contributed by atoms with Gasteiger partial charge in [-0.2, -0.15) is 0 Å². The highest BCUT2D eigenvalue weighted by Crippen LogP contribution is 2.47. The average molecular weight is 550 g/mol. The molecule has 0 unspecified atom stereocenters. The predicted molar refractivity (Wildman–Crippen MR) is 149 cm³/mol. The van der Waals surface area contributed by atoms with Crippen molar-refractivity contribution in [3.8, 4) is 0 Å². The lowest BCUT2D eigenvalue weighted by atomic mass is 9.92. The van der Waals surface area contributed by atoms with Crippen LogP contribution in [0.4, 0.5) is 11.4 Å². The van der Waals surface area contributed by atoms with Crippen LogP contribution < -0.4 is 10.0 Å². The van der Waals surface area contributed by atoms with Crippen LogP contribution in [-0.4, -0.2) is 31.5 Å². The monoisotopic (exact) mass is 549 g/mol. The van der Waals surface area contributed by atoms with E-state index in [1.165, 1.54) is 37.0 Å². The summed E-state index contributed by atoms with van der Waals surface area (Å²) in [5.74, 6) is 1.08. The summed E-state index contributed by atoms with van der Waals surface area (Å²) in [7, 11) is -4.32. The molecular weight excluding hydrogens is 522 g/mol. The van der Waals surface area contributed by atoms with Gasteiger partial charge in [0.05, 0.1) is 9.82 Å². The van der Waals surface area contributed by atoms with Crippen LogP contribution in [-0.2, 0) is 10.0 Å². The van der Waals surface area contributed by atoms with Gasteiger partial charge in [-0.25, -0.2) is 13.1 Å². The highest BCUT2D eigenvalue weighted by atomic mass is 32.2. The first-order valence-electron chi connectivity index (χ1n) is 12.4. The standard InChI is InChI=1S/C28H27N3O5S2/c32-28(21-10-8-20(9-11-21)25-17-19-6-7-22(25)16-19)30-38(35,36)24-12-13-26(27(18-24)31(33)34)29-14-15-37-23-4-2-1-3-5-23/h1-5,8-13,17-19,22,29H,6-7,14-16H2,(H,30,32)/t19-,22+/m1/s1. The summed E-state index contributed by atoms with van der Waals surface area (Å²) in [5.41, 5.74) is 2.38. The first-order chi connectivity index (χ1) is 18.3. The van der Waals surface area contributed by atoms with Gasteiger partial charge in [-0.1, -0.05) is 36.4 Å². The van der Waals surface area contributed by atoms with Crippen LogP contribution in [0.25, 0.3) is 5.57 Å². The summed E-state index contributed by atoms with van der Waals surface area (Å²) in [4.78, 5) is 24.5. The quantitative estimate of drug-likeness (QED) is 0.143. The Morgan fingerprint density at radius 3 is 2.45 bits per heavy atom. The topological polar surface area (TPSA) is 118 Å². The second kappa shape index (κ2) is 11.0. The fourth-order valence-electron chi connectivity index (χ4n) is 5.08. The van der Waals surface area contributed by atoms with Gasteiger partial charge < -0.3 is 5.32 Å². The second-order valence-electron chi connectivity index (χ2n) is 9.43. The van der Waals surface area contributed by atoms with E-state index < -0.39 is 20.9 Å². The molecule has 2 N–H and O–H groups in total. The molecule has 5 rings (SSSR count). The van der Waals surface area contributed by atoms with Crippen molar-refractivity contribution in [3.05, 3.63) is 100 Å². The van der Waals surface area contributed by atoms with Gasteiger partial charge in [0.15, 0.2) is 0 Å². The Morgan fingerprint density at radius 2 is 1.79 bits per heavy atom. The Bertz CT molecular complexity index is 1490. The number of nitrogens with zero attached hydrogens (tertiary/aromatic N) is 1. The maximum absolute atomic E-state index is 12.9. The van der Waals surface area contributed by atoms with Crippen LogP contribution in [0.15, 0.2) is 88.7 Å². The molecule has 2 aliphatic rings. The highest BCUT2D eigenvalue weighted by molar-refractivity contribution is 7.99. The van der Waals surface area contributed by atoms with Crippen molar-refractivity contribution in [2.24, 2.45) is 11.8 Å². The predicted octanol–water partition coefficient (Wildman–Crippen LogP) is 5.73. The smallest absolute Gasteiger partial charge is 0.293 e. The normalized spacial score (nSPS) is 18.2. The number of fused-ring (bicyclic) bond motifs is 2. The Labute approximate surface area is 225 Å². The number of sulfonamides is 1. The van der Waals surface area contributed by atoms with Crippen LogP contribution in [0, 0.1) is 22.0 Å². The number of nitrogens with one attached hydrogen (secondary N) is 2. The number of carbonyl (C=O) groups excluding carboxylic acids is 1. The minimum atomic E-state index is -4.32. The van der Waals surface area contributed by atoms with Gasteiger partial charge in [-0.3, -0.25) is 14.9 Å². The largest absolute Gasteiger partial charge is 0.379 e. The molecule has 196 valence electrons. The lowest BCUT2D eigenvalue weighted by Gasteiger charge is -2.14. The van der Waals surface area contributed by atoms with Crippen LogP contribution in [0.3, 0.4) is 0 Å². The number of allylic oxidation sites excluding steroid dienone is 2. The van der Waals surface area contributed by atoms with E-state index in [1.807, 2.05) is 47.2 Å². The maximum Gasteiger partial charge on any atom is 0.293 e. The van der Waals surface area contributed by atoms with Crippen LogP contribution in [0.5, 0.6) is 0 Å². The number of nitro groups is 1. The summed E-state index contributed by atoms with van der Waals surface area (Å²) in [5, 5.41) is 14.7. The zero-order valence-electron chi connectivity index (χ0n) is 20.5. The number of rotatable bonds is 10. The molecule has 2 atom stereocenters. The first kappa shape index (κ1) is 26.0. The lowest BCUT2D eigenvalue weighted by molar-refractivity contribution is -0.384. The molecule has 0 spiro atoms. The molecule has 0 saturated heterocycles. The van der Waals surface area contributed by atoms with Crippen molar-refractivity contribution in [3.63, 3.8) is 0 Å². The minimum absolute atomic E-state index is 0.199. The summed E-state index contributed by atoms with van der Waals surface area (Å²) in [6, 6.07) is 20.2. The number of benzene rings is 3. The number of nitro benzene ring substituents is 1. The number of hydrogen-bond acceptors (Lipinski definition) is 7. The van der Waals surface area contributed by atoms with Crippen LogP contribution in [0.2, 0.25) is 0 Å². The van der Waals surface area contributed by atoms with Crippen LogP contribution in [0.1, 0.15) is 35.2 Å².